The lowest BCUT2D eigenvalue weighted by Crippen LogP contribution is -2.05. The molecule has 1 aliphatic heterocycles. The first-order valence-corrected chi connectivity index (χ1v) is 11.1. The molecule has 3 nitrogen and oxygen atoms in total. The number of hydrogen-bond acceptors (Lipinski definition) is 3. The van der Waals surface area contributed by atoms with Gasteiger partial charge < -0.3 is 9.47 Å². The Balaban J connectivity index is 1.77. The number of hydrogen-bond donors (Lipinski definition) is 0. The third-order valence-electron chi connectivity index (χ3n) is 5.16. The van der Waals surface area contributed by atoms with E-state index in [1.54, 1.807) is 0 Å². The second-order valence-electron chi connectivity index (χ2n) is 7.65. The lowest BCUT2D eigenvalue weighted by molar-refractivity contribution is -0.143. The van der Waals surface area contributed by atoms with Crippen LogP contribution in [0.1, 0.15) is 117 Å². The highest BCUT2D eigenvalue weighted by Crippen LogP contribution is 2.31. The van der Waals surface area contributed by atoms with Gasteiger partial charge in [-0.3, -0.25) is 4.79 Å². The summed E-state index contributed by atoms with van der Waals surface area (Å²) in [5.41, 5.74) is 0. The van der Waals surface area contributed by atoms with Crippen molar-refractivity contribution in [3.8, 4) is 0 Å². The summed E-state index contributed by atoms with van der Waals surface area (Å²) in [5.74, 6) is -0.0163. The number of unbranched alkanes of at least 4 members (excludes halogenated alkanes) is 10. The number of carbonyl (C=O) groups is 1. The van der Waals surface area contributed by atoms with Gasteiger partial charge in [0.2, 0.25) is 0 Å². The fraction of sp³-hybridized carbons (Fsp3) is 0.955. The van der Waals surface area contributed by atoms with E-state index in [4.69, 9.17) is 9.47 Å². The van der Waals surface area contributed by atoms with Crippen molar-refractivity contribution in [3.05, 3.63) is 0 Å². The Morgan fingerprint density at radius 1 is 0.720 bits per heavy atom. The SMILES string of the molecule is CCCCCCCC[C@@H]1O[C@H]1CCCCCCCC(=O)OCCCC. The molecule has 0 radical (unpaired) electrons. The van der Waals surface area contributed by atoms with Gasteiger partial charge in [-0.15, -0.1) is 0 Å². The van der Waals surface area contributed by atoms with Crippen LogP contribution in [0, 0.1) is 0 Å². The normalized spacial score (nSPS) is 19.1. The predicted molar refractivity (Wildman–Crippen MR) is 105 cm³/mol. The first kappa shape index (κ1) is 22.5. The fourth-order valence-electron chi connectivity index (χ4n) is 3.36. The summed E-state index contributed by atoms with van der Waals surface area (Å²) in [6, 6.07) is 0. The molecule has 0 saturated carbocycles. The Bertz CT molecular complexity index is 316. The van der Waals surface area contributed by atoms with E-state index in [0.717, 1.165) is 25.7 Å². The second-order valence-corrected chi connectivity index (χ2v) is 7.65. The Kier molecular flexibility index (Phi) is 14.1. The van der Waals surface area contributed by atoms with Gasteiger partial charge in [-0.2, -0.15) is 0 Å². The molecule has 1 rings (SSSR count). The summed E-state index contributed by atoms with van der Waals surface area (Å²) in [6.07, 6.45) is 20.5. The first-order valence-electron chi connectivity index (χ1n) is 11.1. The van der Waals surface area contributed by atoms with E-state index >= 15 is 0 Å². The summed E-state index contributed by atoms with van der Waals surface area (Å²) >= 11 is 0. The molecule has 1 heterocycles. The molecule has 1 aliphatic rings. The minimum Gasteiger partial charge on any atom is -0.466 e. The maximum Gasteiger partial charge on any atom is 0.305 e. The van der Waals surface area contributed by atoms with Crippen molar-refractivity contribution in [2.75, 3.05) is 6.61 Å². The Morgan fingerprint density at radius 3 is 1.84 bits per heavy atom. The quantitative estimate of drug-likeness (QED) is 0.158. The molecular formula is C22H42O3. The van der Waals surface area contributed by atoms with Crippen LogP contribution in [0.4, 0.5) is 0 Å². The monoisotopic (exact) mass is 354 g/mol. The van der Waals surface area contributed by atoms with Gasteiger partial charge in [0.05, 0.1) is 18.8 Å². The molecular weight excluding hydrogens is 312 g/mol. The van der Waals surface area contributed by atoms with Crippen LogP contribution in [0.15, 0.2) is 0 Å². The number of ether oxygens (including phenoxy) is 2. The zero-order valence-corrected chi connectivity index (χ0v) is 16.9. The van der Waals surface area contributed by atoms with Gasteiger partial charge in [-0.1, -0.05) is 84.5 Å². The number of esters is 1. The van der Waals surface area contributed by atoms with E-state index in [2.05, 4.69) is 13.8 Å². The first-order chi connectivity index (χ1) is 12.3. The number of epoxide rings is 1. The smallest absolute Gasteiger partial charge is 0.305 e. The van der Waals surface area contributed by atoms with E-state index in [1.165, 1.54) is 70.6 Å². The molecule has 0 aromatic heterocycles. The summed E-state index contributed by atoms with van der Waals surface area (Å²) < 4.78 is 11.0. The van der Waals surface area contributed by atoms with Crippen LogP contribution in [0.3, 0.4) is 0 Å². The van der Waals surface area contributed by atoms with E-state index in [-0.39, 0.29) is 5.97 Å². The molecule has 3 heteroatoms. The number of carbonyl (C=O) groups excluding carboxylic acids is 1. The molecule has 2 atom stereocenters. The van der Waals surface area contributed by atoms with Crippen molar-refractivity contribution in [1.82, 2.24) is 0 Å². The van der Waals surface area contributed by atoms with E-state index in [0.29, 0.717) is 25.2 Å². The molecule has 148 valence electrons. The van der Waals surface area contributed by atoms with Crippen molar-refractivity contribution in [2.24, 2.45) is 0 Å². The molecule has 25 heavy (non-hydrogen) atoms. The van der Waals surface area contributed by atoms with Gasteiger partial charge in [-0.25, -0.2) is 0 Å². The Morgan fingerprint density at radius 2 is 1.24 bits per heavy atom. The zero-order chi connectivity index (χ0) is 18.2. The lowest BCUT2D eigenvalue weighted by atomic mass is 10.0. The second kappa shape index (κ2) is 15.7. The fourth-order valence-corrected chi connectivity index (χ4v) is 3.36. The molecule has 0 aliphatic carbocycles. The molecule has 0 amide bonds. The van der Waals surface area contributed by atoms with Crippen LogP contribution >= 0.6 is 0 Å². The van der Waals surface area contributed by atoms with E-state index in [1.807, 2.05) is 0 Å². The molecule has 0 spiro atoms. The third-order valence-corrected chi connectivity index (χ3v) is 5.16. The highest BCUT2D eigenvalue weighted by atomic mass is 16.6. The van der Waals surface area contributed by atoms with Crippen molar-refractivity contribution >= 4 is 5.97 Å². The summed E-state index contributed by atoms with van der Waals surface area (Å²) in [6.45, 7) is 4.97. The van der Waals surface area contributed by atoms with E-state index < -0.39 is 0 Å². The average molecular weight is 355 g/mol. The molecule has 0 bridgehead atoms. The minimum absolute atomic E-state index is 0.0163. The van der Waals surface area contributed by atoms with Crippen molar-refractivity contribution in [1.29, 1.82) is 0 Å². The molecule has 1 fully saturated rings. The lowest BCUT2D eigenvalue weighted by Gasteiger charge is -2.04. The topological polar surface area (TPSA) is 38.8 Å². The van der Waals surface area contributed by atoms with Gasteiger partial charge in [0.1, 0.15) is 0 Å². The molecule has 0 aromatic rings. The van der Waals surface area contributed by atoms with Crippen molar-refractivity contribution < 1.29 is 14.3 Å². The van der Waals surface area contributed by atoms with Crippen LogP contribution in [-0.2, 0) is 14.3 Å². The standard InChI is InChI=1S/C22H42O3/c1-3-5-7-8-10-13-16-20-21(25-20)17-14-11-9-12-15-18-22(23)24-19-6-4-2/h20-21H,3-19H2,1-2H3/t20-,21-/m0/s1. The number of rotatable bonds is 18. The summed E-state index contributed by atoms with van der Waals surface area (Å²) in [7, 11) is 0. The van der Waals surface area contributed by atoms with Gasteiger partial charge in [0, 0.05) is 6.42 Å². The largest absolute Gasteiger partial charge is 0.466 e. The van der Waals surface area contributed by atoms with E-state index in [9.17, 15) is 4.79 Å². The van der Waals surface area contributed by atoms with Gasteiger partial charge in [0.25, 0.3) is 0 Å². The van der Waals surface area contributed by atoms with Gasteiger partial charge >= 0.3 is 5.97 Å². The molecule has 0 aromatic carbocycles. The van der Waals surface area contributed by atoms with Crippen molar-refractivity contribution in [2.45, 2.75) is 129 Å². The highest BCUT2D eigenvalue weighted by molar-refractivity contribution is 5.69. The summed E-state index contributed by atoms with van der Waals surface area (Å²) in [4.78, 5) is 11.5. The zero-order valence-electron chi connectivity index (χ0n) is 16.9. The van der Waals surface area contributed by atoms with Gasteiger partial charge in [0.15, 0.2) is 0 Å². The van der Waals surface area contributed by atoms with Crippen LogP contribution in [0.5, 0.6) is 0 Å². The Hall–Kier alpha value is -0.570. The average Bonchev–Trinajstić information content (AvgIpc) is 3.35. The maximum absolute atomic E-state index is 11.5. The highest BCUT2D eigenvalue weighted by Gasteiger charge is 2.36. The van der Waals surface area contributed by atoms with Crippen LogP contribution in [0.2, 0.25) is 0 Å². The third kappa shape index (κ3) is 13.3. The maximum atomic E-state index is 11.5. The van der Waals surface area contributed by atoms with Crippen LogP contribution < -0.4 is 0 Å². The minimum atomic E-state index is -0.0163. The predicted octanol–water partition coefficient (Wildman–Crippen LogP) is 6.58. The van der Waals surface area contributed by atoms with Crippen LogP contribution in [-0.4, -0.2) is 24.8 Å². The van der Waals surface area contributed by atoms with Crippen molar-refractivity contribution in [3.63, 3.8) is 0 Å². The molecule has 0 unspecified atom stereocenters. The summed E-state index contributed by atoms with van der Waals surface area (Å²) in [5, 5.41) is 0. The van der Waals surface area contributed by atoms with Gasteiger partial charge in [-0.05, 0) is 25.7 Å². The Labute approximate surface area is 156 Å². The molecule has 0 N–H and O–H groups in total. The molecule has 1 saturated heterocycles. The van der Waals surface area contributed by atoms with Crippen LogP contribution in [0.25, 0.3) is 0 Å².